The van der Waals surface area contributed by atoms with Crippen LogP contribution in [0.5, 0.6) is 11.5 Å². The minimum absolute atomic E-state index is 0.0874. The fourth-order valence-corrected chi connectivity index (χ4v) is 2.51. The summed E-state index contributed by atoms with van der Waals surface area (Å²) in [5.74, 6) is -2.23. The lowest BCUT2D eigenvalue weighted by molar-refractivity contribution is -0.145. The van der Waals surface area contributed by atoms with Gasteiger partial charge >= 0.3 is 5.97 Å². The quantitative estimate of drug-likeness (QED) is 0.423. The first-order chi connectivity index (χ1) is 12.8. The van der Waals surface area contributed by atoms with E-state index < -0.39 is 29.8 Å². The number of aromatic hydroxyl groups is 2. The van der Waals surface area contributed by atoms with Crippen LogP contribution in [0.15, 0.2) is 42.5 Å². The maximum Gasteiger partial charge on any atom is 0.328 e. The van der Waals surface area contributed by atoms with Crippen molar-refractivity contribution in [2.24, 2.45) is 5.73 Å². The molecule has 0 aliphatic rings. The maximum absolute atomic E-state index is 13.0. The van der Waals surface area contributed by atoms with Gasteiger partial charge in [0.25, 0.3) is 0 Å². The Morgan fingerprint density at radius 3 is 2.30 bits per heavy atom. The minimum Gasteiger partial charge on any atom is -0.504 e. The zero-order valence-corrected chi connectivity index (χ0v) is 14.7. The number of phenols is 2. The number of carbonyl (C=O) groups excluding carboxylic acids is 2. The molecule has 0 heterocycles. The van der Waals surface area contributed by atoms with Gasteiger partial charge in [-0.05, 0) is 41.8 Å². The largest absolute Gasteiger partial charge is 0.504 e. The zero-order valence-electron chi connectivity index (χ0n) is 14.7. The standard InChI is InChI=1S/C19H21FN2O5/c1-27-19(26)15(9-11-2-5-13(20)6-3-11)22-18(25)14(21)8-12-4-7-16(23)17(24)10-12/h2-7,10,14-15,23-24H,8-9,21H2,1H3,(H,22,25)/t14-,15-/m0/s1. The van der Waals surface area contributed by atoms with Crippen LogP contribution in [0.4, 0.5) is 4.39 Å². The van der Waals surface area contributed by atoms with Gasteiger partial charge in [-0.2, -0.15) is 0 Å². The van der Waals surface area contributed by atoms with Gasteiger partial charge in [0.15, 0.2) is 11.5 Å². The molecule has 7 nitrogen and oxygen atoms in total. The van der Waals surface area contributed by atoms with Crippen molar-refractivity contribution < 1.29 is 28.9 Å². The molecule has 2 aromatic carbocycles. The molecule has 1 amide bonds. The highest BCUT2D eigenvalue weighted by Gasteiger charge is 2.25. The molecule has 144 valence electrons. The number of methoxy groups -OCH3 is 1. The third kappa shape index (κ3) is 5.68. The molecule has 0 spiro atoms. The van der Waals surface area contributed by atoms with Crippen LogP contribution in [0, 0.1) is 5.82 Å². The smallest absolute Gasteiger partial charge is 0.328 e. The van der Waals surface area contributed by atoms with E-state index >= 15 is 0 Å². The Kier molecular flexibility index (Phi) is 6.73. The lowest BCUT2D eigenvalue weighted by Crippen LogP contribution is -2.50. The monoisotopic (exact) mass is 376 g/mol. The van der Waals surface area contributed by atoms with Gasteiger partial charge in [0.2, 0.25) is 5.91 Å². The molecular formula is C19H21FN2O5. The Morgan fingerprint density at radius 1 is 1.07 bits per heavy atom. The minimum atomic E-state index is -0.991. The van der Waals surface area contributed by atoms with Crippen molar-refractivity contribution in [2.45, 2.75) is 24.9 Å². The van der Waals surface area contributed by atoms with E-state index in [0.717, 1.165) is 0 Å². The molecule has 0 aromatic heterocycles. The van der Waals surface area contributed by atoms with E-state index in [4.69, 9.17) is 10.5 Å². The SMILES string of the molecule is COC(=O)[C@H](Cc1ccc(F)cc1)NC(=O)[C@@H](N)Cc1ccc(O)c(O)c1. The van der Waals surface area contributed by atoms with Crippen molar-refractivity contribution in [2.75, 3.05) is 7.11 Å². The number of carbonyl (C=O) groups is 2. The van der Waals surface area contributed by atoms with Crippen LogP contribution < -0.4 is 11.1 Å². The summed E-state index contributed by atoms with van der Waals surface area (Å²) in [6, 6.07) is 7.69. The van der Waals surface area contributed by atoms with Gasteiger partial charge in [0.05, 0.1) is 13.2 Å². The van der Waals surface area contributed by atoms with Crippen LogP contribution in [-0.4, -0.2) is 41.3 Å². The first-order valence-electron chi connectivity index (χ1n) is 8.19. The summed E-state index contributed by atoms with van der Waals surface area (Å²) in [7, 11) is 1.20. The molecule has 0 radical (unpaired) electrons. The number of halogens is 1. The molecule has 0 bridgehead atoms. The number of nitrogens with two attached hydrogens (primary N) is 1. The van der Waals surface area contributed by atoms with Crippen molar-refractivity contribution in [1.82, 2.24) is 5.32 Å². The second-order valence-electron chi connectivity index (χ2n) is 6.05. The van der Waals surface area contributed by atoms with Crippen molar-refractivity contribution >= 4 is 11.9 Å². The first-order valence-corrected chi connectivity index (χ1v) is 8.19. The number of benzene rings is 2. The van der Waals surface area contributed by atoms with Crippen LogP contribution in [0.25, 0.3) is 0 Å². The van der Waals surface area contributed by atoms with E-state index in [1.807, 2.05) is 0 Å². The molecule has 27 heavy (non-hydrogen) atoms. The Hall–Kier alpha value is -3.13. The highest BCUT2D eigenvalue weighted by molar-refractivity contribution is 5.87. The molecule has 0 saturated heterocycles. The fraction of sp³-hybridized carbons (Fsp3) is 0.263. The summed E-state index contributed by atoms with van der Waals surface area (Å²) >= 11 is 0. The van der Waals surface area contributed by atoms with E-state index in [9.17, 15) is 24.2 Å². The Balaban J connectivity index is 2.04. The zero-order chi connectivity index (χ0) is 20.0. The van der Waals surface area contributed by atoms with Crippen molar-refractivity contribution in [3.05, 3.63) is 59.4 Å². The molecule has 8 heteroatoms. The van der Waals surface area contributed by atoms with Crippen molar-refractivity contribution in [3.63, 3.8) is 0 Å². The highest BCUT2D eigenvalue weighted by atomic mass is 19.1. The highest BCUT2D eigenvalue weighted by Crippen LogP contribution is 2.25. The predicted molar refractivity (Wildman–Crippen MR) is 95.5 cm³/mol. The molecule has 0 saturated carbocycles. The van der Waals surface area contributed by atoms with Gasteiger partial charge in [0, 0.05) is 6.42 Å². The molecule has 0 unspecified atom stereocenters. The average molecular weight is 376 g/mol. The number of esters is 1. The third-order valence-corrected chi connectivity index (χ3v) is 3.99. The van der Waals surface area contributed by atoms with E-state index in [0.29, 0.717) is 11.1 Å². The lowest BCUT2D eigenvalue weighted by atomic mass is 10.0. The molecule has 0 aliphatic heterocycles. The van der Waals surface area contributed by atoms with Gasteiger partial charge < -0.3 is 26.0 Å². The molecule has 2 aromatic rings. The van der Waals surface area contributed by atoms with Crippen LogP contribution in [0.3, 0.4) is 0 Å². The number of rotatable bonds is 7. The Morgan fingerprint density at radius 2 is 1.70 bits per heavy atom. The van der Waals surface area contributed by atoms with Crippen LogP contribution in [0.1, 0.15) is 11.1 Å². The molecule has 0 aliphatic carbocycles. The number of hydrogen-bond acceptors (Lipinski definition) is 6. The molecule has 2 atom stereocenters. The first kappa shape index (κ1) is 20.2. The Bertz CT molecular complexity index is 810. The second-order valence-corrected chi connectivity index (χ2v) is 6.05. The maximum atomic E-state index is 13.0. The van der Waals surface area contributed by atoms with Gasteiger partial charge in [-0.25, -0.2) is 9.18 Å². The number of nitrogens with one attached hydrogen (secondary N) is 1. The van der Waals surface area contributed by atoms with Gasteiger partial charge in [0.1, 0.15) is 11.9 Å². The van der Waals surface area contributed by atoms with Gasteiger partial charge in [-0.3, -0.25) is 4.79 Å². The van der Waals surface area contributed by atoms with Crippen molar-refractivity contribution in [3.8, 4) is 11.5 Å². The molecule has 0 fully saturated rings. The van der Waals surface area contributed by atoms with E-state index in [-0.39, 0.29) is 24.3 Å². The topological polar surface area (TPSA) is 122 Å². The fourth-order valence-electron chi connectivity index (χ4n) is 2.51. The number of ether oxygens (including phenoxy) is 1. The molecule has 5 N–H and O–H groups in total. The number of amides is 1. The molecular weight excluding hydrogens is 355 g/mol. The predicted octanol–water partition coefficient (Wildman–Crippen LogP) is 1.01. The third-order valence-electron chi connectivity index (χ3n) is 3.99. The molecule has 2 rings (SSSR count). The summed E-state index contributed by atoms with van der Waals surface area (Å²) in [5.41, 5.74) is 7.07. The average Bonchev–Trinajstić information content (AvgIpc) is 2.65. The van der Waals surface area contributed by atoms with Gasteiger partial charge in [-0.15, -0.1) is 0 Å². The summed E-state index contributed by atoms with van der Waals surface area (Å²) in [4.78, 5) is 24.3. The summed E-state index contributed by atoms with van der Waals surface area (Å²) in [6.07, 6.45) is 0.204. The van der Waals surface area contributed by atoms with Crippen LogP contribution in [-0.2, 0) is 27.2 Å². The lowest BCUT2D eigenvalue weighted by Gasteiger charge is -2.19. The summed E-state index contributed by atoms with van der Waals surface area (Å²) in [6.45, 7) is 0. The van der Waals surface area contributed by atoms with E-state index in [1.165, 1.54) is 49.6 Å². The van der Waals surface area contributed by atoms with E-state index in [2.05, 4.69) is 5.32 Å². The second kappa shape index (κ2) is 9.00. The van der Waals surface area contributed by atoms with Crippen molar-refractivity contribution in [1.29, 1.82) is 0 Å². The van der Waals surface area contributed by atoms with Crippen LogP contribution in [0.2, 0.25) is 0 Å². The summed E-state index contributed by atoms with van der Waals surface area (Å²) in [5, 5.41) is 21.4. The Labute approximate surface area is 155 Å². The number of hydrogen-bond donors (Lipinski definition) is 4. The summed E-state index contributed by atoms with van der Waals surface area (Å²) < 4.78 is 17.7. The van der Waals surface area contributed by atoms with E-state index in [1.54, 1.807) is 0 Å². The van der Waals surface area contributed by atoms with Gasteiger partial charge in [-0.1, -0.05) is 18.2 Å². The van der Waals surface area contributed by atoms with Crippen LogP contribution >= 0.6 is 0 Å². The number of phenolic OH excluding ortho intramolecular Hbond substituents is 2. The normalized spacial score (nSPS) is 12.9.